The van der Waals surface area contributed by atoms with Crippen LogP contribution in [0.15, 0.2) is 66.7 Å². The molecule has 9 nitrogen and oxygen atoms in total. The van der Waals surface area contributed by atoms with E-state index >= 15 is 0 Å². The number of Topliss-reactive ketones (excluding diaryl/α,β-unsaturated/α-hetero) is 1. The molecule has 1 heterocycles. The molecule has 2 atom stereocenters. The highest BCUT2D eigenvalue weighted by atomic mass is 19.4. The van der Waals surface area contributed by atoms with Gasteiger partial charge in [-0.15, -0.1) is 13.2 Å². The average Bonchev–Trinajstić information content (AvgIpc) is 3.00. The summed E-state index contributed by atoms with van der Waals surface area (Å²) in [5.41, 5.74) is 8.82. The van der Waals surface area contributed by atoms with Gasteiger partial charge in [0.1, 0.15) is 12.1 Å². The number of amides is 3. The highest BCUT2D eigenvalue weighted by Crippen LogP contribution is 2.33. The van der Waals surface area contributed by atoms with Crippen molar-refractivity contribution in [1.82, 2.24) is 10.2 Å². The van der Waals surface area contributed by atoms with Crippen LogP contribution in [-0.2, 0) is 27.3 Å². The van der Waals surface area contributed by atoms with Crippen LogP contribution in [0.5, 0.6) is 5.75 Å². The van der Waals surface area contributed by atoms with Crippen LogP contribution in [-0.4, -0.2) is 53.4 Å². The maximum Gasteiger partial charge on any atom is 0.573 e. The lowest BCUT2D eigenvalue weighted by molar-refractivity contribution is -0.274. The average molecular weight is 625 g/mol. The molecule has 3 aromatic rings. The minimum atomic E-state index is -5.00. The smallest absolute Gasteiger partial charge is 0.404 e. The third-order valence-corrected chi connectivity index (χ3v) is 7.70. The molecule has 0 fully saturated rings. The van der Waals surface area contributed by atoms with E-state index in [1.54, 1.807) is 44.2 Å². The maximum atomic E-state index is 13.7. The molecular formula is C33H35F3N4O5. The molecule has 0 bridgehead atoms. The van der Waals surface area contributed by atoms with E-state index in [9.17, 15) is 32.3 Å². The second kappa shape index (κ2) is 14.4. The Balaban J connectivity index is 1.52. The number of ether oxygens (including phenoxy) is 1. The number of ketones is 1. The number of nitrogens with two attached hydrogens (primary N) is 1. The number of alkyl halides is 3. The number of halogens is 3. The topological polar surface area (TPSA) is 131 Å². The van der Waals surface area contributed by atoms with Crippen molar-refractivity contribution in [3.8, 4) is 5.75 Å². The predicted molar refractivity (Wildman–Crippen MR) is 161 cm³/mol. The van der Waals surface area contributed by atoms with Gasteiger partial charge in [-0.25, -0.2) is 0 Å². The zero-order valence-corrected chi connectivity index (χ0v) is 24.9. The van der Waals surface area contributed by atoms with Crippen LogP contribution in [0.1, 0.15) is 51.9 Å². The SMILES string of the molecule is Cc1cc(NC(=O)[C@H](CCN)NC(=O)[C@@H]2Cc3ccccc3CN2C(=O)CCC(=O)c2ccccc2)c(OC(F)(F)F)cc1C. The molecule has 1 aliphatic rings. The van der Waals surface area contributed by atoms with Gasteiger partial charge in [0.05, 0.1) is 5.69 Å². The number of hydrogen-bond donors (Lipinski definition) is 3. The van der Waals surface area contributed by atoms with E-state index in [0.717, 1.165) is 11.1 Å². The molecule has 12 heteroatoms. The first kappa shape index (κ1) is 33.2. The summed E-state index contributed by atoms with van der Waals surface area (Å²) in [4.78, 5) is 54.5. The predicted octanol–water partition coefficient (Wildman–Crippen LogP) is 4.59. The molecule has 0 spiro atoms. The summed E-state index contributed by atoms with van der Waals surface area (Å²) >= 11 is 0. The Hall–Kier alpha value is -4.71. The van der Waals surface area contributed by atoms with Gasteiger partial charge in [0, 0.05) is 31.4 Å². The number of carbonyl (C=O) groups excluding carboxylic acids is 4. The van der Waals surface area contributed by atoms with E-state index < -0.39 is 41.9 Å². The van der Waals surface area contributed by atoms with Crippen molar-refractivity contribution in [2.45, 2.75) is 64.5 Å². The van der Waals surface area contributed by atoms with Crippen LogP contribution in [0.4, 0.5) is 18.9 Å². The molecule has 4 rings (SSSR count). The van der Waals surface area contributed by atoms with Crippen LogP contribution in [0.25, 0.3) is 0 Å². The lowest BCUT2D eigenvalue weighted by atomic mass is 9.92. The molecule has 4 N–H and O–H groups in total. The number of anilines is 1. The summed E-state index contributed by atoms with van der Waals surface area (Å²) in [5, 5.41) is 5.09. The van der Waals surface area contributed by atoms with Gasteiger partial charge < -0.3 is 26.0 Å². The number of nitrogens with zero attached hydrogens (tertiary/aromatic N) is 1. The summed E-state index contributed by atoms with van der Waals surface area (Å²) in [6.45, 7) is 3.38. The molecule has 1 aliphatic heterocycles. The van der Waals surface area contributed by atoms with Crippen molar-refractivity contribution in [1.29, 1.82) is 0 Å². The highest BCUT2D eigenvalue weighted by Gasteiger charge is 2.37. The zero-order chi connectivity index (χ0) is 32.7. The standard InChI is InChI=1S/C33H35F3N4O5/c1-20-16-26(29(17-21(20)2)45-33(34,35)36)39-31(43)25(14-15-37)38-32(44)27-18-23-10-6-7-11-24(23)19-40(27)30(42)13-12-28(41)22-8-4-3-5-9-22/h3-11,16-17,25,27H,12-15,18-19,37H2,1-2H3,(H,38,44)(H,39,43)/t25-,27-/m0/s1. The number of hydrogen-bond acceptors (Lipinski definition) is 6. The summed E-state index contributed by atoms with van der Waals surface area (Å²) in [6, 6.07) is 16.2. The zero-order valence-electron chi connectivity index (χ0n) is 24.9. The fourth-order valence-electron chi connectivity index (χ4n) is 5.17. The van der Waals surface area contributed by atoms with Crippen molar-refractivity contribution in [2.24, 2.45) is 5.73 Å². The normalized spacial score (nSPS) is 15.1. The number of rotatable bonds is 11. The van der Waals surface area contributed by atoms with Crippen LogP contribution >= 0.6 is 0 Å². The first-order chi connectivity index (χ1) is 21.4. The number of carbonyl (C=O) groups is 4. The first-order valence-corrected chi connectivity index (χ1v) is 14.5. The molecule has 0 saturated carbocycles. The van der Waals surface area contributed by atoms with Gasteiger partial charge in [0.25, 0.3) is 0 Å². The van der Waals surface area contributed by atoms with E-state index in [1.165, 1.54) is 17.0 Å². The summed E-state index contributed by atoms with van der Waals surface area (Å²) in [7, 11) is 0. The van der Waals surface area contributed by atoms with Crippen molar-refractivity contribution < 1.29 is 37.1 Å². The van der Waals surface area contributed by atoms with Gasteiger partial charge in [-0.1, -0.05) is 54.6 Å². The lowest BCUT2D eigenvalue weighted by Gasteiger charge is -2.36. The molecule has 0 unspecified atom stereocenters. The maximum absolute atomic E-state index is 13.7. The largest absolute Gasteiger partial charge is 0.573 e. The number of fused-ring (bicyclic) bond motifs is 1. The second-order valence-electron chi connectivity index (χ2n) is 10.9. The van der Waals surface area contributed by atoms with Crippen LogP contribution in [0.3, 0.4) is 0 Å². The van der Waals surface area contributed by atoms with E-state index in [4.69, 9.17) is 5.73 Å². The highest BCUT2D eigenvalue weighted by molar-refractivity contribution is 6.00. The molecule has 0 saturated heterocycles. The van der Waals surface area contributed by atoms with Crippen molar-refractivity contribution in [3.05, 3.63) is 94.5 Å². The number of aryl methyl sites for hydroxylation is 2. The lowest BCUT2D eigenvalue weighted by Crippen LogP contribution is -2.56. The number of benzene rings is 3. The minimum absolute atomic E-state index is 0.0189. The first-order valence-electron chi connectivity index (χ1n) is 14.5. The summed E-state index contributed by atoms with van der Waals surface area (Å²) < 4.78 is 43.4. The Morgan fingerprint density at radius 1 is 0.956 bits per heavy atom. The van der Waals surface area contributed by atoms with E-state index in [1.807, 2.05) is 24.3 Å². The van der Waals surface area contributed by atoms with Gasteiger partial charge in [0.2, 0.25) is 17.7 Å². The van der Waals surface area contributed by atoms with E-state index in [2.05, 4.69) is 15.4 Å². The molecule has 0 aliphatic carbocycles. The van der Waals surface area contributed by atoms with Crippen LogP contribution in [0, 0.1) is 13.8 Å². The molecule has 0 radical (unpaired) electrons. The third kappa shape index (κ3) is 8.69. The van der Waals surface area contributed by atoms with Gasteiger partial charge >= 0.3 is 6.36 Å². The Bertz CT molecular complexity index is 1560. The molecular weight excluding hydrogens is 589 g/mol. The van der Waals surface area contributed by atoms with Crippen molar-refractivity contribution in [3.63, 3.8) is 0 Å². The number of nitrogens with one attached hydrogen (secondary N) is 2. The van der Waals surface area contributed by atoms with Gasteiger partial charge in [0.15, 0.2) is 11.5 Å². The van der Waals surface area contributed by atoms with Crippen LogP contribution < -0.4 is 21.1 Å². The van der Waals surface area contributed by atoms with Crippen molar-refractivity contribution in [2.75, 3.05) is 11.9 Å². The molecule has 238 valence electrons. The molecule has 3 amide bonds. The monoisotopic (exact) mass is 624 g/mol. The summed E-state index contributed by atoms with van der Waals surface area (Å²) in [5.74, 6) is -2.64. The fourth-order valence-corrected chi connectivity index (χ4v) is 5.17. The van der Waals surface area contributed by atoms with Gasteiger partial charge in [-0.2, -0.15) is 0 Å². The van der Waals surface area contributed by atoms with Crippen LogP contribution in [0.2, 0.25) is 0 Å². The van der Waals surface area contributed by atoms with E-state index in [-0.39, 0.29) is 50.2 Å². The Morgan fingerprint density at radius 3 is 2.27 bits per heavy atom. The Morgan fingerprint density at radius 2 is 1.60 bits per heavy atom. The fraction of sp³-hybridized carbons (Fsp3) is 0.333. The third-order valence-electron chi connectivity index (χ3n) is 7.70. The molecule has 3 aromatic carbocycles. The summed E-state index contributed by atoms with van der Waals surface area (Å²) in [6.07, 6.45) is -5.03. The van der Waals surface area contributed by atoms with Gasteiger partial charge in [-0.3, -0.25) is 19.2 Å². The van der Waals surface area contributed by atoms with Crippen molar-refractivity contribution >= 4 is 29.2 Å². The molecule has 0 aromatic heterocycles. The van der Waals surface area contributed by atoms with Gasteiger partial charge in [-0.05, 0) is 61.2 Å². The van der Waals surface area contributed by atoms with E-state index in [0.29, 0.717) is 16.7 Å². The molecule has 45 heavy (non-hydrogen) atoms. The Labute approximate surface area is 258 Å². The minimum Gasteiger partial charge on any atom is -0.404 e. The second-order valence-corrected chi connectivity index (χ2v) is 10.9. The quantitative estimate of drug-likeness (QED) is 0.268. The Kier molecular flexibility index (Phi) is 10.6.